The second kappa shape index (κ2) is 7.65. The number of thiazole rings is 1. The van der Waals surface area contributed by atoms with E-state index in [-0.39, 0.29) is 16.5 Å². The van der Waals surface area contributed by atoms with Gasteiger partial charge in [-0.2, -0.15) is 0 Å². The second-order valence-electron chi connectivity index (χ2n) is 7.61. The van der Waals surface area contributed by atoms with Gasteiger partial charge in [-0.3, -0.25) is 14.5 Å². The molecule has 0 bridgehead atoms. The molecule has 0 spiro atoms. The van der Waals surface area contributed by atoms with E-state index in [1.165, 1.54) is 34.4 Å². The molecular formula is C24H17FN2O3S2. The lowest BCUT2D eigenvalue weighted by atomic mass is 9.96. The van der Waals surface area contributed by atoms with Crippen molar-refractivity contribution in [2.45, 2.75) is 19.9 Å². The Morgan fingerprint density at radius 3 is 2.69 bits per heavy atom. The van der Waals surface area contributed by atoms with Crippen molar-refractivity contribution in [3.63, 3.8) is 0 Å². The van der Waals surface area contributed by atoms with Crippen LogP contribution in [0.25, 0.3) is 16.0 Å². The van der Waals surface area contributed by atoms with Gasteiger partial charge in [0.25, 0.3) is 5.78 Å². The number of benzene rings is 2. The predicted octanol–water partition coefficient (Wildman–Crippen LogP) is 5.74. The third-order valence-electron chi connectivity index (χ3n) is 5.45. The molecule has 1 saturated heterocycles. The van der Waals surface area contributed by atoms with E-state index < -0.39 is 23.5 Å². The Morgan fingerprint density at radius 1 is 1.12 bits per heavy atom. The molecule has 1 fully saturated rings. The Hall–Kier alpha value is -3.36. The number of aromatic nitrogens is 1. The number of anilines is 1. The molecule has 1 atom stereocenters. The van der Waals surface area contributed by atoms with Gasteiger partial charge in [0.1, 0.15) is 17.6 Å². The van der Waals surface area contributed by atoms with Crippen LogP contribution in [0.4, 0.5) is 9.52 Å². The molecule has 5 rings (SSSR count). The summed E-state index contributed by atoms with van der Waals surface area (Å²) in [6.07, 6.45) is 0. The van der Waals surface area contributed by atoms with E-state index >= 15 is 0 Å². The van der Waals surface area contributed by atoms with Crippen molar-refractivity contribution in [1.29, 1.82) is 0 Å². The second-order valence-corrected chi connectivity index (χ2v) is 9.60. The van der Waals surface area contributed by atoms with Crippen LogP contribution in [0.2, 0.25) is 0 Å². The highest BCUT2D eigenvalue weighted by Gasteiger charge is 2.48. The standard InChI is InChI=1S/C24H17FN2O3S2/c1-12-5-6-13(2)15(10-12)21(28)19-20(17-4-3-9-31-17)27(23(30)22(19)29)24-26-16-8-7-14(25)11-18(16)32-24/h3-11,20,28H,1-2H3. The molecule has 5 nitrogen and oxygen atoms in total. The van der Waals surface area contributed by atoms with Crippen LogP contribution in [0.3, 0.4) is 0 Å². The minimum atomic E-state index is -0.819. The first kappa shape index (κ1) is 20.5. The molecule has 0 aliphatic carbocycles. The maximum absolute atomic E-state index is 13.7. The SMILES string of the molecule is Cc1ccc(C)c(C(O)=C2C(=O)C(=O)N(c3nc4ccc(F)cc4s3)C2c2cccs2)c1. The summed E-state index contributed by atoms with van der Waals surface area (Å²) < 4.78 is 14.3. The van der Waals surface area contributed by atoms with E-state index in [1.807, 2.05) is 43.5 Å². The Kier molecular flexibility index (Phi) is 4.91. The van der Waals surface area contributed by atoms with E-state index in [4.69, 9.17) is 0 Å². The zero-order valence-corrected chi connectivity index (χ0v) is 18.8. The van der Waals surface area contributed by atoms with Crippen LogP contribution < -0.4 is 4.90 Å². The molecule has 2 aromatic heterocycles. The first-order chi connectivity index (χ1) is 15.3. The molecule has 1 amide bonds. The quantitative estimate of drug-likeness (QED) is 0.238. The monoisotopic (exact) mass is 464 g/mol. The van der Waals surface area contributed by atoms with Gasteiger partial charge < -0.3 is 5.11 Å². The average molecular weight is 465 g/mol. The number of ketones is 1. The maximum atomic E-state index is 13.7. The van der Waals surface area contributed by atoms with Gasteiger partial charge in [-0.15, -0.1) is 11.3 Å². The third-order valence-corrected chi connectivity index (χ3v) is 7.39. The van der Waals surface area contributed by atoms with Gasteiger partial charge in [-0.25, -0.2) is 9.37 Å². The Bertz CT molecular complexity index is 1420. The number of Topliss-reactive ketones (excluding diaryl/α,β-unsaturated/α-hetero) is 1. The summed E-state index contributed by atoms with van der Waals surface area (Å²) in [5, 5.41) is 13.4. The fraction of sp³-hybridized carbons (Fsp3) is 0.125. The van der Waals surface area contributed by atoms with Crippen molar-refractivity contribution in [2.24, 2.45) is 0 Å². The number of fused-ring (bicyclic) bond motifs is 1. The van der Waals surface area contributed by atoms with Gasteiger partial charge in [-0.05, 0) is 55.1 Å². The molecule has 1 aliphatic rings. The summed E-state index contributed by atoms with van der Waals surface area (Å²) in [5.41, 5.74) is 2.78. The van der Waals surface area contributed by atoms with Gasteiger partial charge in [-0.1, -0.05) is 35.1 Å². The van der Waals surface area contributed by atoms with Crippen molar-refractivity contribution in [1.82, 2.24) is 4.98 Å². The highest BCUT2D eigenvalue weighted by molar-refractivity contribution is 7.22. The fourth-order valence-corrected chi connectivity index (χ4v) is 5.71. The van der Waals surface area contributed by atoms with Crippen molar-refractivity contribution in [3.8, 4) is 0 Å². The minimum absolute atomic E-state index is 0.0246. The van der Waals surface area contributed by atoms with E-state index in [1.54, 1.807) is 6.07 Å². The predicted molar refractivity (Wildman–Crippen MR) is 125 cm³/mol. The first-order valence-electron chi connectivity index (χ1n) is 9.83. The van der Waals surface area contributed by atoms with Crippen LogP contribution in [-0.2, 0) is 9.59 Å². The number of hydrogen-bond donors (Lipinski definition) is 1. The number of aryl methyl sites for hydroxylation is 2. The molecule has 0 radical (unpaired) electrons. The number of carbonyl (C=O) groups is 2. The highest BCUT2D eigenvalue weighted by atomic mass is 32.1. The van der Waals surface area contributed by atoms with Crippen LogP contribution in [-0.4, -0.2) is 21.8 Å². The van der Waals surface area contributed by atoms with Crippen molar-refractivity contribution < 1.29 is 19.1 Å². The zero-order chi connectivity index (χ0) is 22.6. The number of thiophene rings is 1. The third kappa shape index (κ3) is 3.23. The Labute approximate surface area is 191 Å². The average Bonchev–Trinajstić information content (AvgIpc) is 3.48. The number of rotatable bonds is 3. The minimum Gasteiger partial charge on any atom is -0.507 e. The first-order valence-corrected chi connectivity index (χ1v) is 11.5. The van der Waals surface area contributed by atoms with E-state index in [9.17, 15) is 19.1 Å². The summed E-state index contributed by atoms with van der Waals surface area (Å²) in [7, 11) is 0. The van der Waals surface area contributed by atoms with Crippen LogP contribution >= 0.6 is 22.7 Å². The largest absolute Gasteiger partial charge is 0.507 e. The van der Waals surface area contributed by atoms with Crippen LogP contribution in [0.15, 0.2) is 59.5 Å². The smallest absolute Gasteiger partial charge is 0.301 e. The number of aliphatic hydroxyl groups is 1. The fourth-order valence-electron chi connectivity index (χ4n) is 3.87. The van der Waals surface area contributed by atoms with Crippen LogP contribution in [0.1, 0.15) is 27.6 Å². The molecule has 1 N–H and O–H groups in total. The topological polar surface area (TPSA) is 70.5 Å². The van der Waals surface area contributed by atoms with Gasteiger partial charge in [0, 0.05) is 10.4 Å². The number of carbonyl (C=O) groups excluding carboxylic acids is 2. The number of aliphatic hydroxyl groups excluding tert-OH is 1. The molecule has 160 valence electrons. The van der Waals surface area contributed by atoms with Crippen molar-refractivity contribution in [3.05, 3.63) is 86.9 Å². The van der Waals surface area contributed by atoms with E-state index in [0.717, 1.165) is 27.3 Å². The van der Waals surface area contributed by atoms with Crippen molar-refractivity contribution >= 4 is 55.5 Å². The molecule has 8 heteroatoms. The van der Waals surface area contributed by atoms with E-state index in [0.29, 0.717) is 15.8 Å². The van der Waals surface area contributed by atoms with Crippen molar-refractivity contribution in [2.75, 3.05) is 4.90 Å². The molecule has 0 saturated carbocycles. The van der Waals surface area contributed by atoms with Gasteiger partial charge >= 0.3 is 5.91 Å². The number of hydrogen-bond acceptors (Lipinski definition) is 6. The zero-order valence-electron chi connectivity index (χ0n) is 17.1. The van der Waals surface area contributed by atoms with Crippen LogP contribution in [0.5, 0.6) is 0 Å². The number of amides is 1. The van der Waals surface area contributed by atoms with Gasteiger partial charge in [0.15, 0.2) is 5.13 Å². The summed E-state index contributed by atoms with van der Waals surface area (Å²) in [4.78, 5) is 32.9. The van der Waals surface area contributed by atoms with Gasteiger partial charge in [0.2, 0.25) is 0 Å². The molecular weight excluding hydrogens is 447 g/mol. The number of nitrogens with zero attached hydrogens (tertiary/aromatic N) is 2. The lowest BCUT2D eigenvalue weighted by molar-refractivity contribution is -0.132. The molecule has 2 aromatic carbocycles. The maximum Gasteiger partial charge on any atom is 0.301 e. The summed E-state index contributed by atoms with van der Waals surface area (Å²) in [5.74, 6) is -2.15. The molecule has 1 unspecified atom stereocenters. The van der Waals surface area contributed by atoms with Crippen LogP contribution in [0, 0.1) is 19.7 Å². The lowest BCUT2D eigenvalue weighted by Crippen LogP contribution is -2.28. The molecule has 4 aromatic rings. The highest BCUT2D eigenvalue weighted by Crippen LogP contribution is 2.45. The normalized spacial score (nSPS) is 18.1. The molecule has 3 heterocycles. The number of halogens is 1. The Balaban J connectivity index is 1.74. The van der Waals surface area contributed by atoms with E-state index in [2.05, 4.69) is 4.98 Å². The van der Waals surface area contributed by atoms with Gasteiger partial charge in [0.05, 0.1) is 15.8 Å². The Morgan fingerprint density at radius 2 is 1.94 bits per heavy atom. The summed E-state index contributed by atoms with van der Waals surface area (Å²) >= 11 is 2.51. The molecule has 1 aliphatic heterocycles. The molecule has 32 heavy (non-hydrogen) atoms. The summed E-state index contributed by atoms with van der Waals surface area (Å²) in [6.45, 7) is 3.73. The summed E-state index contributed by atoms with van der Waals surface area (Å²) in [6, 6.07) is 12.6. The lowest BCUT2D eigenvalue weighted by Gasteiger charge is -2.21.